The summed E-state index contributed by atoms with van der Waals surface area (Å²) in [5.41, 5.74) is -0.351. The van der Waals surface area contributed by atoms with Gasteiger partial charge in [0.25, 0.3) is 0 Å². The number of hydrogen-bond acceptors (Lipinski definition) is 6. The van der Waals surface area contributed by atoms with E-state index in [-0.39, 0.29) is 15.6 Å². The molecule has 1 heterocycles. The molecule has 0 aliphatic heterocycles. The molecule has 1 aromatic heterocycles. The van der Waals surface area contributed by atoms with E-state index in [9.17, 15) is 27.1 Å². The van der Waals surface area contributed by atoms with Crippen LogP contribution in [0, 0.1) is 11.6 Å². The predicted molar refractivity (Wildman–Crippen MR) is 100.0 cm³/mol. The SMILES string of the molecule is NS(=O)(=O)Oc1ccc(-c2ccc(C(=O)c3c(F)ccc(O)c3F)s2)cc1Cl. The van der Waals surface area contributed by atoms with Crippen LogP contribution in [0.1, 0.15) is 15.2 Å². The van der Waals surface area contributed by atoms with Crippen LogP contribution in [-0.2, 0) is 10.3 Å². The fourth-order valence-corrected chi connectivity index (χ4v) is 3.94. The molecule has 0 spiro atoms. The van der Waals surface area contributed by atoms with Crippen molar-refractivity contribution in [2.45, 2.75) is 0 Å². The molecule has 146 valence electrons. The van der Waals surface area contributed by atoms with Crippen LogP contribution in [-0.4, -0.2) is 19.3 Å². The smallest absolute Gasteiger partial charge is 0.380 e. The Morgan fingerprint density at radius 1 is 1.14 bits per heavy atom. The summed E-state index contributed by atoms with van der Waals surface area (Å²) in [6, 6.07) is 8.65. The molecular weight excluding hydrogens is 436 g/mol. The summed E-state index contributed by atoms with van der Waals surface area (Å²) in [5, 5.41) is 14.1. The van der Waals surface area contributed by atoms with E-state index in [0.29, 0.717) is 10.4 Å². The van der Waals surface area contributed by atoms with E-state index in [1.54, 1.807) is 0 Å². The lowest BCUT2D eigenvalue weighted by Gasteiger charge is -2.06. The monoisotopic (exact) mass is 445 g/mol. The van der Waals surface area contributed by atoms with Crippen LogP contribution in [0.2, 0.25) is 5.02 Å². The Morgan fingerprint density at radius 3 is 2.50 bits per heavy atom. The van der Waals surface area contributed by atoms with Crippen molar-refractivity contribution in [3.63, 3.8) is 0 Å². The Morgan fingerprint density at radius 2 is 1.86 bits per heavy atom. The molecule has 2 aromatic carbocycles. The summed E-state index contributed by atoms with van der Waals surface area (Å²) in [4.78, 5) is 13.0. The van der Waals surface area contributed by atoms with Gasteiger partial charge in [0, 0.05) is 4.88 Å². The summed E-state index contributed by atoms with van der Waals surface area (Å²) < 4.78 is 54.3. The molecular formula is C17H10ClF2NO5S2. The van der Waals surface area contributed by atoms with Crippen molar-refractivity contribution in [3.05, 3.63) is 69.6 Å². The first-order valence-electron chi connectivity index (χ1n) is 7.40. The first-order chi connectivity index (χ1) is 13.1. The number of aromatic hydroxyl groups is 1. The number of nitrogens with two attached hydrogens (primary N) is 1. The molecule has 0 atom stereocenters. The lowest BCUT2D eigenvalue weighted by molar-refractivity contribution is 0.103. The standard InChI is InChI=1S/C17H10ClF2NO5S2/c18-9-7-8(1-4-12(9)26-28(21,24)25)13-5-6-14(27-13)17(23)15-10(19)2-3-11(22)16(15)20/h1-7,22H,(H2,21,24,25). The molecule has 0 amide bonds. The molecule has 0 aliphatic carbocycles. The minimum atomic E-state index is -4.24. The van der Waals surface area contributed by atoms with Gasteiger partial charge >= 0.3 is 10.3 Å². The van der Waals surface area contributed by atoms with Gasteiger partial charge in [0.15, 0.2) is 17.3 Å². The predicted octanol–water partition coefficient (Wildman–Crippen LogP) is 3.87. The number of thiophene rings is 1. The van der Waals surface area contributed by atoms with E-state index in [1.165, 1.54) is 30.3 Å². The Balaban J connectivity index is 1.94. The van der Waals surface area contributed by atoms with Gasteiger partial charge in [0.1, 0.15) is 5.82 Å². The third kappa shape index (κ3) is 4.14. The third-order valence-corrected chi connectivity index (χ3v) is 5.39. The highest BCUT2D eigenvalue weighted by Crippen LogP contribution is 2.35. The van der Waals surface area contributed by atoms with E-state index < -0.39 is 39.0 Å². The maximum Gasteiger partial charge on any atom is 0.380 e. The van der Waals surface area contributed by atoms with Gasteiger partial charge in [-0.1, -0.05) is 11.6 Å². The Labute approximate surface area is 167 Å². The average Bonchev–Trinajstić information content (AvgIpc) is 3.09. The normalized spacial score (nSPS) is 11.4. The lowest BCUT2D eigenvalue weighted by atomic mass is 10.1. The molecule has 3 N–H and O–H groups in total. The van der Waals surface area contributed by atoms with Gasteiger partial charge in [0.05, 0.1) is 15.5 Å². The average molecular weight is 446 g/mol. The number of benzene rings is 2. The zero-order valence-corrected chi connectivity index (χ0v) is 16.0. The summed E-state index contributed by atoms with van der Waals surface area (Å²) in [6.45, 7) is 0. The molecule has 0 saturated heterocycles. The first kappa shape index (κ1) is 20.2. The van der Waals surface area contributed by atoms with Gasteiger partial charge in [-0.15, -0.1) is 11.3 Å². The summed E-state index contributed by atoms with van der Waals surface area (Å²) in [5.74, 6) is -4.37. The van der Waals surface area contributed by atoms with Crippen molar-refractivity contribution in [2.24, 2.45) is 5.14 Å². The van der Waals surface area contributed by atoms with E-state index in [1.807, 2.05) is 0 Å². The van der Waals surface area contributed by atoms with Crippen LogP contribution >= 0.6 is 22.9 Å². The fourth-order valence-electron chi connectivity index (χ4n) is 2.33. The van der Waals surface area contributed by atoms with Gasteiger partial charge in [-0.3, -0.25) is 4.79 Å². The number of ketones is 1. The highest BCUT2D eigenvalue weighted by atomic mass is 35.5. The van der Waals surface area contributed by atoms with E-state index in [0.717, 1.165) is 23.5 Å². The van der Waals surface area contributed by atoms with Crippen molar-refractivity contribution in [1.82, 2.24) is 0 Å². The van der Waals surface area contributed by atoms with Crippen molar-refractivity contribution < 1.29 is 31.3 Å². The molecule has 3 aromatic rings. The highest BCUT2D eigenvalue weighted by molar-refractivity contribution is 7.84. The lowest BCUT2D eigenvalue weighted by Crippen LogP contribution is -2.19. The minimum absolute atomic E-state index is 0.0272. The largest absolute Gasteiger partial charge is 0.505 e. The summed E-state index contributed by atoms with van der Waals surface area (Å²) >= 11 is 6.91. The Bertz CT molecular complexity index is 1190. The van der Waals surface area contributed by atoms with Crippen LogP contribution < -0.4 is 9.32 Å². The number of halogens is 3. The Hall–Kier alpha value is -2.53. The van der Waals surface area contributed by atoms with Gasteiger partial charge in [-0.05, 0) is 48.0 Å². The second-order valence-corrected chi connectivity index (χ2v) is 8.11. The Kier molecular flexibility index (Phi) is 5.39. The van der Waals surface area contributed by atoms with Crippen LogP contribution in [0.15, 0.2) is 42.5 Å². The van der Waals surface area contributed by atoms with Crippen LogP contribution in [0.3, 0.4) is 0 Å². The zero-order valence-electron chi connectivity index (χ0n) is 13.6. The molecule has 6 nitrogen and oxygen atoms in total. The van der Waals surface area contributed by atoms with E-state index in [4.69, 9.17) is 16.7 Å². The van der Waals surface area contributed by atoms with Crippen LogP contribution in [0.5, 0.6) is 11.5 Å². The van der Waals surface area contributed by atoms with Crippen LogP contribution in [0.25, 0.3) is 10.4 Å². The van der Waals surface area contributed by atoms with Crippen molar-refractivity contribution in [2.75, 3.05) is 0 Å². The summed E-state index contributed by atoms with van der Waals surface area (Å²) in [6.07, 6.45) is 0. The maximum atomic E-state index is 14.0. The number of rotatable bonds is 5. The fraction of sp³-hybridized carbons (Fsp3) is 0. The summed E-state index contributed by atoms with van der Waals surface area (Å²) in [7, 11) is -4.24. The molecule has 11 heteroatoms. The second-order valence-electron chi connectivity index (χ2n) is 5.47. The molecule has 0 unspecified atom stereocenters. The third-order valence-electron chi connectivity index (χ3n) is 3.55. The van der Waals surface area contributed by atoms with Crippen molar-refractivity contribution in [3.8, 4) is 21.9 Å². The molecule has 0 aliphatic rings. The molecule has 0 saturated carbocycles. The van der Waals surface area contributed by atoms with Gasteiger partial charge in [-0.25, -0.2) is 8.78 Å². The molecule has 0 radical (unpaired) electrons. The van der Waals surface area contributed by atoms with E-state index in [2.05, 4.69) is 4.18 Å². The van der Waals surface area contributed by atoms with Gasteiger partial charge in [0.2, 0.25) is 5.78 Å². The molecule has 3 rings (SSSR count). The van der Waals surface area contributed by atoms with E-state index >= 15 is 0 Å². The van der Waals surface area contributed by atoms with Crippen LogP contribution in [0.4, 0.5) is 8.78 Å². The number of hydrogen-bond donors (Lipinski definition) is 2. The topological polar surface area (TPSA) is 107 Å². The van der Waals surface area contributed by atoms with Crippen molar-refractivity contribution >= 4 is 39.0 Å². The number of carbonyl (C=O) groups excluding carboxylic acids is 1. The zero-order chi connectivity index (χ0) is 20.6. The molecule has 28 heavy (non-hydrogen) atoms. The minimum Gasteiger partial charge on any atom is -0.505 e. The maximum absolute atomic E-state index is 14.0. The quantitative estimate of drug-likeness (QED) is 0.580. The highest BCUT2D eigenvalue weighted by Gasteiger charge is 2.23. The molecule has 0 bridgehead atoms. The van der Waals surface area contributed by atoms with Crippen molar-refractivity contribution in [1.29, 1.82) is 0 Å². The number of phenols is 1. The first-order valence-corrected chi connectivity index (χ1v) is 10.1. The number of carbonyl (C=O) groups is 1. The second kappa shape index (κ2) is 7.47. The van der Waals surface area contributed by atoms with Gasteiger partial charge in [-0.2, -0.15) is 13.6 Å². The van der Waals surface area contributed by atoms with Gasteiger partial charge < -0.3 is 9.29 Å². The number of phenolic OH excluding ortho intramolecular Hbond substituents is 1. The molecule has 0 fully saturated rings.